The zero-order valence-corrected chi connectivity index (χ0v) is 15.4. The van der Waals surface area contributed by atoms with Gasteiger partial charge in [0, 0.05) is 33.0 Å². The van der Waals surface area contributed by atoms with E-state index in [1.807, 2.05) is 11.3 Å². The van der Waals surface area contributed by atoms with E-state index in [0.717, 1.165) is 13.1 Å². The summed E-state index contributed by atoms with van der Waals surface area (Å²) in [6, 6.07) is 4.89. The largest absolute Gasteiger partial charge is 0.330 e. The predicted octanol–water partition coefficient (Wildman–Crippen LogP) is 4.22. The van der Waals surface area contributed by atoms with Crippen molar-refractivity contribution in [3.8, 4) is 0 Å². The molecule has 2 nitrogen and oxygen atoms in total. The summed E-state index contributed by atoms with van der Waals surface area (Å²) in [5, 5.41) is 5.72. The van der Waals surface area contributed by atoms with Crippen LogP contribution in [0.5, 0.6) is 0 Å². The van der Waals surface area contributed by atoms with Gasteiger partial charge in [-0.25, -0.2) is 0 Å². The van der Waals surface area contributed by atoms with E-state index in [2.05, 4.69) is 41.2 Å². The molecule has 0 spiro atoms. The molecule has 2 aromatic heterocycles. The average molecular weight is 347 g/mol. The Morgan fingerprint density at radius 2 is 2.13 bits per heavy atom. The van der Waals surface area contributed by atoms with Crippen molar-refractivity contribution in [3.05, 3.63) is 43.3 Å². The summed E-state index contributed by atoms with van der Waals surface area (Å²) in [6.07, 6.45) is 6.41. The molecule has 0 saturated carbocycles. The number of aryl methyl sites for hydroxylation is 2. The smallest absolute Gasteiger partial charge is 0.00888 e. The van der Waals surface area contributed by atoms with Crippen molar-refractivity contribution in [2.45, 2.75) is 49.9 Å². The molecule has 0 saturated heterocycles. The second-order valence-corrected chi connectivity index (χ2v) is 9.13. The summed E-state index contributed by atoms with van der Waals surface area (Å²) in [5.41, 5.74) is 9.21. The van der Waals surface area contributed by atoms with Crippen LogP contribution in [-0.2, 0) is 12.8 Å². The van der Waals surface area contributed by atoms with Crippen LogP contribution in [0.25, 0.3) is 0 Å². The van der Waals surface area contributed by atoms with E-state index in [0.29, 0.717) is 17.8 Å². The normalized spacial score (nSPS) is 26.8. The quantitative estimate of drug-likeness (QED) is 0.870. The van der Waals surface area contributed by atoms with Crippen LogP contribution in [0.15, 0.2) is 17.5 Å². The number of nitrogens with one attached hydrogen (secondary N) is 1. The van der Waals surface area contributed by atoms with Gasteiger partial charge in [-0.15, -0.1) is 22.7 Å². The maximum Gasteiger partial charge on any atom is 0.00888 e. The molecular formula is C19H26N2S2. The second-order valence-electron chi connectivity index (χ2n) is 6.96. The topological polar surface area (TPSA) is 38.0 Å². The van der Waals surface area contributed by atoms with E-state index >= 15 is 0 Å². The molecule has 0 aromatic carbocycles. The molecule has 0 aliphatic heterocycles. The lowest BCUT2D eigenvalue weighted by Crippen LogP contribution is -2.26. The number of thiophene rings is 2. The Hall–Kier alpha value is -0.680. The van der Waals surface area contributed by atoms with Gasteiger partial charge in [-0.05, 0) is 80.3 Å². The van der Waals surface area contributed by atoms with E-state index in [-0.39, 0.29) is 0 Å². The second kappa shape index (κ2) is 6.67. The summed E-state index contributed by atoms with van der Waals surface area (Å²) in [6.45, 7) is 1.89. The highest BCUT2D eigenvalue weighted by Gasteiger charge is 2.33. The molecule has 124 valence electrons. The predicted molar refractivity (Wildman–Crippen MR) is 101 cm³/mol. The molecule has 23 heavy (non-hydrogen) atoms. The van der Waals surface area contributed by atoms with Gasteiger partial charge in [0.2, 0.25) is 0 Å². The molecule has 4 heteroatoms. The first-order chi connectivity index (χ1) is 11.3. The number of hydrogen-bond donors (Lipinski definition) is 2. The van der Waals surface area contributed by atoms with Gasteiger partial charge >= 0.3 is 0 Å². The van der Waals surface area contributed by atoms with Crippen molar-refractivity contribution in [1.82, 2.24) is 5.32 Å². The summed E-state index contributed by atoms with van der Waals surface area (Å²) in [7, 11) is 2.08. The maximum atomic E-state index is 6.03. The van der Waals surface area contributed by atoms with Crippen LogP contribution in [0.2, 0.25) is 0 Å². The third kappa shape index (κ3) is 2.80. The Morgan fingerprint density at radius 1 is 1.22 bits per heavy atom. The average Bonchev–Trinajstić information content (AvgIpc) is 3.21. The number of hydrogen-bond acceptors (Lipinski definition) is 4. The van der Waals surface area contributed by atoms with Crippen molar-refractivity contribution in [3.63, 3.8) is 0 Å². The number of likely N-dealkylation sites (N-methyl/N-ethyl adjacent to an activating group) is 1. The molecule has 2 heterocycles. The van der Waals surface area contributed by atoms with Crippen LogP contribution < -0.4 is 11.1 Å². The molecule has 0 fully saturated rings. The molecule has 3 unspecified atom stereocenters. The fraction of sp³-hybridized carbons (Fsp3) is 0.579. The minimum absolute atomic E-state index is 0.604. The highest BCUT2D eigenvalue weighted by Crippen LogP contribution is 2.48. The molecule has 2 aromatic rings. The van der Waals surface area contributed by atoms with Crippen molar-refractivity contribution in [1.29, 1.82) is 0 Å². The molecule has 0 bridgehead atoms. The van der Waals surface area contributed by atoms with E-state index in [1.54, 1.807) is 25.8 Å². The number of nitrogens with two attached hydrogens (primary N) is 1. The summed E-state index contributed by atoms with van der Waals surface area (Å²) in [5.74, 6) is 1.91. The molecule has 0 amide bonds. The minimum atomic E-state index is 0.604. The van der Waals surface area contributed by atoms with Gasteiger partial charge in [0.1, 0.15) is 0 Å². The summed E-state index contributed by atoms with van der Waals surface area (Å²) in [4.78, 5) is 4.86. The zero-order chi connectivity index (χ0) is 15.8. The SMILES string of the molecule is CNCC1c2ccsc2CCC1c1cc2c(s1)CCCC2CN. The van der Waals surface area contributed by atoms with Gasteiger partial charge in [-0.2, -0.15) is 0 Å². The molecule has 2 aliphatic carbocycles. The van der Waals surface area contributed by atoms with Gasteiger partial charge in [-0.3, -0.25) is 0 Å². The Bertz CT molecular complexity index is 673. The van der Waals surface area contributed by atoms with Crippen molar-refractivity contribution >= 4 is 22.7 Å². The van der Waals surface area contributed by atoms with Crippen LogP contribution in [-0.4, -0.2) is 20.1 Å². The number of rotatable bonds is 4. The Morgan fingerprint density at radius 3 is 2.96 bits per heavy atom. The zero-order valence-electron chi connectivity index (χ0n) is 13.8. The van der Waals surface area contributed by atoms with Gasteiger partial charge in [0.15, 0.2) is 0 Å². The summed E-state index contributed by atoms with van der Waals surface area (Å²) >= 11 is 4.03. The lowest BCUT2D eigenvalue weighted by Gasteiger charge is -2.31. The van der Waals surface area contributed by atoms with Crippen LogP contribution in [0.3, 0.4) is 0 Å². The maximum absolute atomic E-state index is 6.03. The molecule has 2 aliphatic rings. The third-order valence-electron chi connectivity index (χ3n) is 5.68. The van der Waals surface area contributed by atoms with Gasteiger partial charge in [-0.1, -0.05) is 0 Å². The lowest BCUT2D eigenvalue weighted by molar-refractivity contribution is 0.468. The first-order valence-corrected chi connectivity index (χ1v) is 10.5. The van der Waals surface area contributed by atoms with Crippen molar-refractivity contribution < 1.29 is 0 Å². The van der Waals surface area contributed by atoms with Crippen LogP contribution >= 0.6 is 22.7 Å². The Labute approximate surface area is 147 Å². The van der Waals surface area contributed by atoms with Crippen LogP contribution in [0, 0.1) is 0 Å². The van der Waals surface area contributed by atoms with Crippen LogP contribution in [0.4, 0.5) is 0 Å². The van der Waals surface area contributed by atoms with E-state index in [4.69, 9.17) is 5.73 Å². The summed E-state index contributed by atoms with van der Waals surface area (Å²) < 4.78 is 0. The van der Waals surface area contributed by atoms with Gasteiger partial charge in [0.25, 0.3) is 0 Å². The molecule has 4 rings (SSSR count). The lowest BCUT2D eigenvalue weighted by atomic mass is 9.77. The van der Waals surface area contributed by atoms with Crippen LogP contribution in [0.1, 0.15) is 62.8 Å². The monoisotopic (exact) mass is 346 g/mol. The molecule has 3 N–H and O–H groups in total. The fourth-order valence-electron chi connectivity index (χ4n) is 4.50. The Balaban J connectivity index is 1.68. The Kier molecular flexibility index (Phi) is 4.59. The van der Waals surface area contributed by atoms with E-state index < -0.39 is 0 Å². The standard InChI is InChI=1S/C19H26N2S2/c1-21-11-16-13(5-6-17-14(16)7-8-22-17)19-9-15-12(10-20)3-2-4-18(15)23-19/h7-9,12-13,16,21H,2-6,10-11,20H2,1H3. The highest BCUT2D eigenvalue weighted by atomic mass is 32.1. The first-order valence-electron chi connectivity index (χ1n) is 8.85. The van der Waals surface area contributed by atoms with Gasteiger partial charge < -0.3 is 11.1 Å². The van der Waals surface area contributed by atoms with Crippen molar-refractivity contribution in [2.75, 3.05) is 20.1 Å². The molecular weight excluding hydrogens is 320 g/mol. The molecule has 0 radical (unpaired) electrons. The van der Waals surface area contributed by atoms with E-state index in [1.165, 1.54) is 32.1 Å². The van der Waals surface area contributed by atoms with Crippen molar-refractivity contribution in [2.24, 2.45) is 5.73 Å². The fourth-order valence-corrected chi connectivity index (χ4v) is 6.96. The molecule has 3 atom stereocenters. The van der Waals surface area contributed by atoms with Gasteiger partial charge in [0.05, 0.1) is 0 Å². The first kappa shape index (κ1) is 15.8. The highest BCUT2D eigenvalue weighted by molar-refractivity contribution is 7.12. The minimum Gasteiger partial charge on any atom is -0.330 e. The van der Waals surface area contributed by atoms with E-state index in [9.17, 15) is 0 Å². The number of fused-ring (bicyclic) bond motifs is 2. The third-order valence-corrected chi connectivity index (χ3v) is 8.02.